The fourth-order valence-electron chi connectivity index (χ4n) is 12.8. The van der Waals surface area contributed by atoms with Crippen LogP contribution in [0.1, 0.15) is 47.2 Å². The highest BCUT2D eigenvalue weighted by molar-refractivity contribution is 6.06. The zero-order chi connectivity index (χ0) is 51.3. The van der Waals surface area contributed by atoms with E-state index >= 15 is 13.2 Å². The van der Waals surface area contributed by atoms with Gasteiger partial charge in [-0.05, 0) is 178 Å². The lowest BCUT2D eigenvalue weighted by atomic mass is 9.65. The molecule has 0 fully saturated rings. The number of anilines is 3. The first-order valence-electron chi connectivity index (χ1n) is 25.9. The maximum absolute atomic E-state index is 15.9. The molecule has 0 amide bonds. The predicted molar refractivity (Wildman–Crippen MR) is 307 cm³/mol. The molecule has 1 nitrogen and oxygen atoms in total. The molecule has 12 aromatic rings. The van der Waals surface area contributed by atoms with Crippen LogP contribution in [0.4, 0.5) is 30.2 Å². The summed E-state index contributed by atoms with van der Waals surface area (Å²) in [7, 11) is 0. The Labute approximate surface area is 440 Å². The largest absolute Gasteiger partial charge is 0.310 e. The van der Waals surface area contributed by atoms with Gasteiger partial charge >= 0.3 is 0 Å². The van der Waals surface area contributed by atoms with E-state index in [4.69, 9.17) is 0 Å². The highest BCUT2D eigenvalue weighted by Gasteiger charge is 2.49. The SMILES string of the molecule is CC1(C)c2cc(-c3ccccc3)ccc2-c2ccc(N(c3ccc4c(c3)C(c3ccc(F)cc3)(c3ccc(F)cc3)c3c(-c5cccc6c(F)cccc56)ccc(-c5ccccc5)c3-4)c3ccc4ccccc4c3)cc21. The molecule has 0 N–H and O–H groups in total. The topological polar surface area (TPSA) is 3.24 Å². The summed E-state index contributed by atoms with van der Waals surface area (Å²) in [6.07, 6.45) is 0. The van der Waals surface area contributed by atoms with Crippen molar-refractivity contribution in [2.24, 2.45) is 0 Å². The van der Waals surface area contributed by atoms with Crippen LogP contribution in [-0.2, 0) is 10.8 Å². The zero-order valence-electron chi connectivity index (χ0n) is 41.8. The van der Waals surface area contributed by atoms with Gasteiger partial charge < -0.3 is 4.90 Å². The van der Waals surface area contributed by atoms with Crippen molar-refractivity contribution >= 4 is 38.6 Å². The standard InChI is InChI=1S/C72H48F3N/c1-71(2)65-42-49(45-13-5-3-6-14-45)24-36-60(65)61-37-34-55(43-66(61)71)76(54-33-23-46-15-9-10-18-48(46)41-54)56-35-38-64-67(44-56)72(50-25-29-52(73)30-26-50,51-27-31-53(74)32-28-51)70-63(40-39-57(69(64)70)47-16-7-4-8-17-47)59-19-11-21-62-58(59)20-12-22-68(62)75/h3-44H,1-2H3. The Morgan fingerprint density at radius 1 is 0.329 bits per heavy atom. The van der Waals surface area contributed by atoms with E-state index in [1.807, 2.05) is 48.5 Å². The van der Waals surface area contributed by atoms with Crippen molar-refractivity contribution in [2.45, 2.75) is 24.7 Å². The normalized spacial score (nSPS) is 13.5. The quantitative estimate of drug-likeness (QED) is 0.147. The molecule has 4 heteroatoms. The molecule has 362 valence electrons. The lowest BCUT2D eigenvalue weighted by Gasteiger charge is -2.36. The van der Waals surface area contributed by atoms with Gasteiger partial charge in [0.25, 0.3) is 0 Å². The molecule has 0 bridgehead atoms. The van der Waals surface area contributed by atoms with Gasteiger partial charge in [-0.3, -0.25) is 0 Å². The summed E-state index contributed by atoms with van der Waals surface area (Å²) in [5, 5.41) is 3.52. The van der Waals surface area contributed by atoms with Gasteiger partial charge in [0.05, 0.1) is 5.41 Å². The number of fused-ring (bicyclic) bond motifs is 8. The third kappa shape index (κ3) is 6.94. The molecule has 12 aromatic carbocycles. The number of nitrogens with zero attached hydrogens (tertiary/aromatic N) is 1. The van der Waals surface area contributed by atoms with Crippen molar-refractivity contribution in [3.8, 4) is 55.6 Å². The van der Waals surface area contributed by atoms with Crippen LogP contribution >= 0.6 is 0 Å². The Bertz CT molecular complexity index is 4230. The molecule has 0 heterocycles. The predicted octanol–water partition coefficient (Wildman–Crippen LogP) is 19.6. The van der Waals surface area contributed by atoms with Gasteiger partial charge in [-0.2, -0.15) is 0 Å². The van der Waals surface area contributed by atoms with Crippen LogP contribution in [0.15, 0.2) is 255 Å². The van der Waals surface area contributed by atoms with E-state index < -0.39 is 5.41 Å². The third-order valence-electron chi connectivity index (χ3n) is 16.3. The molecule has 0 atom stereocenters. The van der Waals surface area contributed by atoms with Crippen LogP contribution in [0.5, 0.6) is 0 Å². The van der Waals surface area contributed by atoms with E-state index in [2.05, 4.69) is 189 Å². The van der Waals surface area contributed by atoms with Gasteiger partial charge in [0.1, 0.15) is 17.5 Å². The van der Waals surface area contributed by atoms with Crippen LogP contribution in [0.2, 0.25) is 0 Å². The molecule has 0 aromatic heterocycles. The van der Waals surface area contributed by atoms with Crippen LogP contribution < -0.4 is 4.90 Å². The van der Waals surface area contributed by atoms with Gasteiger partial charge in [0.2, 0.25) is 0 Å². The summed E-state index contributed by atoms with van der Waals surface area (Å²) < 4.78 is 46.9. The van der Waals surface area contributed by atoms with Crippen LogP contribution in [0.3, 0.4) is 0 Å². The molecule has 0 saturated carbocycles. The minimum absolute atomic E-state index is 0.308. The molecule has 0 saturated heterocycles. The molecule has 2 aliphatic carbocycles. The lowest BCUT2D eigenvalue weighted by molar-refractivity contribution is 0.622. The number of halogens is 3. The van der Waals surface area contributed by atoms with E-state index in [0.717, 1.165) is 88.9 Å². The van der Waals surface area contributed by atoms with E-state index in [9.17, 15) is 0 Å². The Balaban J connectivity index is 1.07. The molecular weight excluding hydrogens is 936 g/mol. The Morgan fingerprint density at radius 2 is 0.855 bits per heavy atom. The average Bonchev–Trinajstić information content (AvgIpc) is 4.03. The minimum Gasteiger partial charge on any atom is -0.310 e. The first kappa shape index (κ1) is 45.4. The Hall–Kier alpha value is -9.25. The average molecular weight is 984 g/mol. The van der Waals surface area contributed by atoms with Crippen LogP contribution in [0.25, 0.3) is 77.2 Å². The van der Waals surface area contributed by atoms with Gasteiger partial charge in [0, 0.05) is 27.9 Å². The Morgan fingerprint density at radius 3 is 1.55 bits per heavy atom. The maximum atomic E-state index is 15.9. The van der Waals surface area contributed by atoms with Crippen molar-refractivity contribution in [3.63, 3.8) is 0 Å². The molecule has 2 aliphatic rings. The fourth-order valence-corrected chi connectivity index (χ4v) is 12.8. The monoisotopic (exact) mass is 983 g/mol. The molecule has 76 heavy (non-hydrogen) atoms. The van der Waals surface area contributed by atoms with Crippen molar-refractivity contribution in [3.05, 3.63) is 306 Å². The van der Waals surface area contributed by atoms with Crippen molar-refractivity contribution in [1.29, 1.82) is 0 Å². The first-order valence-corrected chi connectivity index (χ1v) is 25.9. The third-order valence-corrected chi connectivity index (χ3v) is 16.3. The lowest BCUT2D eigenvalue weighted by Crippen LogP contribution is -2.29. The molecule has 0 radical (unpaired) electrons. The second-order valence-corrected chi connectivity index (χ2v) is 20.8. The fraction of sp³-hybridized carbons (Fsp3) is 0.0556. The Kier molecular flexibility index (Phi) is 10.4. The highest BCUT2D eigenvalue weighted by Crippen LogP contribution is 2.62. The van der Waals surface area contributed by atoms with Crippen LogP contribution in [0, 0.1) is 17.5 Å². The number of benzene rings is 12. The molecule has 0 unspecified atom stereocenters. The van der Waals surface area contributed by atoms with Crippen molar-refractivity contribution < 1.29 is 13.2 Å². The van der Waals surface area contributed by atoms with E-state index in [1.54, 1.807) is 6.07 Å². The minimum atomic E-state index is -1.16. The van der Waals surface area contributed by atoms with Gasteiger partial charge in [0.15, 0.2) is 0 Å². The summed E-state index contributed by atoms with van der Waals surface area (Å²) in [6, 6.07) is 85.5. The van der Waals surface area contributed by atoms with E-state index in [-0.39, 0.29) is 22.9 Å². The second-order valence-electron chi connectivity index (χ2n) is 20.8. The molecule has 0 aliphatic heterocycles. The second kappa shape index (κ2) is 17.4. The van der Waals surface area contributed by atoms with Gasteiger partial charge in [-0.1, -0.05) is 196 Å². The summed E-state index contributed by atoms with van der Waals surface area (Å²) in [6.45, 7) is 4.66. The summed E-state index contributed by atoms with van der Waals surface area (Å²) in [4.78, 5) is 2.36. The highest BCUT2D eigenvalue weighted by atomic mass is 19.1. The van der Waals surface area contributed by atoms with Crippen molar-refractivity contribution in [2.75, 3.05) is 4.90 Å². The van der Waals surface area contributed by atoms with Gasteiger partial charge in [-0.15, -0.1) is 0 Å². The summed E-state index contributed by atoms with van der Waals surface area (Å²) in [5.41, 5.74) is 18.0. The molecule has 0 spiro atoms. The smallest absolute Gasteiger partial charge is 0.131 e. The van der Waals surface area contributed by atoms with Crippen molar-refractivity contribution in [1.82, 2.24) is 0 Å². The molecular formula is C72H48F3N. The molecule has 14 rings (SSSR count). The summed E-state index contributed by atoms with van der Waals surface area (Å²) in [5.74, 6) is -1.04. The van der Waals surface area contributed by atoms with E-state index in [1.165, 1.54) is 63.7 Å². The first-order chi connectivity index (χ1) is 37.2. The number of hydrogen-bond donors (Lipinski definition) is 0. The van der Waals surface area contributed by atoms with E-state index in [0.29, 0.717) is 5.39 Å². The zero-order valence-corrected chi connectivity index (χ0v) is 41.8. The number of rotatable bonds is 8. The maximum Gasteiger partial charge on any atom is 0.131 e. The van der Waals surface area contributed by atoms with Crippen LogP contribution in [-0.4, -0.2) is 0 Å². The number of hydrogen-bond acceptors (Lipinski definition) is 1. The van der Waals surface area contributed by atoms with Gasteiger partial charge in [-0.25, -0.2) is 13.2 Å². The summed E-state index contributed by atoms with van der Waals surface area (Å²) >= 11 is 0.